The topological polar surface area (TPSA) is 38.7 Å². The van der Waals surface area contributed by atoms with E-state index in [1.165, 1.54) is 5.56 Å². The van der Waals surface area contributed by atoms with E-state index in [1.807, 2.05) is 18.2 Å². The molecule has 0 saturated carbocycles. The first kappa shape index (κ1) is 10.5. The van der Waals surface area contributed by atoms with E-state index in [4.69, 9.17) is 9.47 Å². The summed E-state index contributed by atoms with van der Waals surface area (Å²) in [6.07, 6.45) is 0.923. The number of hydrogen-bond acceptors (Lipinski definition) is 3. The van der Waals surface area contributed by atoms with Crippen molar-refractivity contribution in [2.24, 2.45) is 0 Å². The summed E-state index contributed by atoms with van der Waals surface area (Å²) in [4.78, 5) is 0. The summed E-state index contributed by atoms with van der Waals surface area (Å²) in [5, 5.41) is 10.2. The Labute approximate surface area is 89.6 Å². The summed E-state index contributed by atoms with van der Waals surface area (Å²) in [5.74, 6) is 0.937. The van der Waals surface area contributed by atoms with E-state index in [-0.39, 0.29) is 0 Å². The highest BCUT2D eigenvalue weighted by Gasteiger charge is 2.25. The van der Waals surface area contributed by atoms with Gasteiger partial charge in [-0.1, -0.05) is 6.07 Å². The molecule has 0 radical (unpaired) electrons. The van der Waals surface area contributed by atoms with Crippen LogP contribution in [0.15, 0.2) is 18.2 Å². The predicted molar refractivity (Wildman–Crippen MR) is 57.1 cm³/mol. The van der Waals surface area contributed by atoms with Crippen molar-refractivity contribution in [1.29, 1.82) is 0 Å². The highest BCUT2D eigenvalue weighted by molar-refractivity contribution is 5.41. The fraction of sp³-hybridized carbons (Fsp3) is 0.500. The molecule has 0 spiro atoms. The van der Waals surface area contributed by atoms with Gasteiger partial charge in [0.1, 0.15) is 11.4 Å². The Balaban J connectivity index is 2.29. The molecule has 1 heterocycles. The molecule has 2 rings (SSSR count). The molecule has 82 valence electrons. The van der Waals surface area contributed by atoms with Crippen LogP contribution in [-0.2, 0) is 16.8 Å². The molecule has 1 aromatic carbocycles. The molecule has 1 aromatic rings. The van der Waals surface area contributed by atoms with Crippen LogP contribution in [0, 0.1) is 0 Å². The molecular weight excluding hydrogens is 192 g/mol. The van der Waals surface area contributed by atoms with Gasteiger partial charge in [0.15, 0.2) is 0 Å². The van der Waals surface area contributed by atoms with Crippen LogP contribution in [0.5, 0.6) is 5.75 Å². The first-order chi connectivity index (χ1) is 7.13. The fourth-order valence-corrected chi connectivity index (χ4v) is 1.89. The second kappa shape index (κ2) is 3.83. The zero-order chi connectivity index (χ0) is 10.9. The molecule has 0 amide bonds. The van der Waals surface area contributed by atoms with E-state index in [0.29, 0.717) is 6.61 Å². The summed E-state index contributed by atoms with van der Waals surface area (Å²) >= 11 is 0. The second-order valence-corrected chi connectivity index (χ2v) is 4.13. The summed E-state index contributed by atoms with van der Waals surface area (Å²) < 4.78 is 10.4. The van der Waals surface area contributed by atoms with E-state index in [2.05, 4.69) is 0 Å². The molecule has 1 aliphatic rings. The molecule has 1 unspecified atom stereocenters. The molecule has 1 atom stereocenters. The van der Waals surface area contributed by atoms with Gasteiger partial charge in [0, 0.05) is 13.5 Å². The van der Waals surface area contributed by atoms with Crippen LogP contribution in [0.4, 0.5) is 0 Å². The number of benzene rings is 1. The molecule has 15 heavy (non-hydrogen) atoms. The second-order valence-electron chi connectivity index (χ2n) is 4.13. The normalized spacial score (nSPS) is 18.1. The van der Waals surface area contributed by atoms with Crippen LogP contribution < -0.4 is 4.74 Å². The van der Waals surface area contributed by atoms with Crippen molar-refractivity contribution in [3.63, 3.8) is 0 Å². The lowest BCUT2D eigenvalue weighted by molar-refractivity contribution is -0.0208. The average Bonchev–Trinajstić information content (AvgIpc) is 2.63. The number of aliphatic hydroxyl groups is 1. The number of fused-ring (bicyclic) bond motifs is 1. The van der Waals surface area contributed by atoms with E-state index < -0.39 is 5.60 Å². The van der Waals surface area contributed by atoms with Gasteiger partial charge in [-0.25, -0.2) is 0 Å². The van der Waals surface area contributed by atoms with E-state index in [9.17, 15) is 5.11 Å². The van der Waals surface area contributed by atoms with Crippen molar-refractivity contribution < 1.29 is 14.6 Å². The summed E-state index contributed by atoms with van der Waals surface area (Å²) in [7, 11) is 1.59. The third kappa shape index (κ3) is 1.98. The van der Waals surface area contributed by atoms with Gasteiger partial charge in [0.25, 0.3) is 0 Å². The van der Waals surface area contributed by atoms with Crippen molar-refractivity contribution in [1.82, 2.24) is 0 Å². The van der Waals surface area contributed by atoms with Gasteiger partial charge >= 0.3 is 0 Å². The first-order valence-electron chi connectivity index (χ1n) is 5.11. The van der Waals surface area contributed by atoms with Crippen molar-refractivity contribution in [2.75, 3.05) is 20.3 Å². The Morgan fingerprint density at radius 3 is 3.07 bits per heavy atom. The van der Waals surface area contributed by atoms with Gasteiger partial charge in [-0.2, -0.15) is 0 Å². The summed E-state index contributed by atoms with van der Waals surface area (Å²) in [6, 6.07) is 5.81. The standard InChI is InChI=1S/C12H16O3/c1-12(13,8-14-2)10-3-4-11-9(7-10)5-6-15-11/h3-4,7,13H,5-6,8H2,1-2H3. The number of ether oxygens (including phenoxy) is 2. The minimum atomic E-state index is -0.924. The highest BCUT2D eigenvalue weighted by atomic mass is 16.5. The highest BCUT2D eigenvalue weighted by Crippen LogP contribution is 2.30. The van der Waals surface area contributed by atoms with Crippen LogP contribution >= 0.6 is 0 Å². The summed E-state index contributed by atoms with van der Waals surface area (Å²) in [5.41, 5.74) is 1.13. The Kier molecular flexibility index (Phi) is 2.67. The Hall–Kier alpha value is -1.06. The van der Waals surface area contributed by atoms with Gasteiger partial charge in [0.2, 0.25) is 0 Å². The average molecular weight is 208 g/mol. The van der Waals surface area contributed by atoms with Gasteiger partial charge in [0.05, 0.1) is 13.2 Å². The van der Waals surface area contributed by atoms with Crippen LogP contribution in [0.25, 0.3) is 0 Å². The van der Waals surface area contributed by atoms with E-state index >= 15 is 0 Å². The van der Waals surface area contributed by atoms with Crippen molar-refractivity contribution in [3.8, 4) is 5.75 Å². The van der Waals surface area contributed by atoms with Crippen LogP contribution in [0.2, 0.25) is 0 Å². The van der Waals surface area contributed by atoms with Crippen molar-refractivity contribution in [3.05, 3.63) is 29.3 Å². The van der Waals surface area contributed by atoms with Gasteiger partial charge in [-0.05, 0) is 30.2 Å². The molecule has 3 heteroatoms. The lowest BCUT2D eigenvalue weighted by Crippen LogP contribution is -2.27. The molecule has 0 aromatic heterocycles. The van der Waals surface area contributed by atoms with Gasteiger partial charge in [-0.3, -0.25) is 0 Å². The predicted octanol–water partition coefficient (Wildman–Crippen LogP) is 1.48. The maximum Gasteiger partial charge on any atom is 0.122 e. The van der Waals surface area contributed by atoms with Crippen molar-refractivity contribution >= 4 is 0 Å². The smallest absolute Gasteiger partial charge is 0.122 e. The minimum Gasteiger partial charge on any atom is -0.493 e. The number of rotatable bonds is 3. The Morgan fingerprint density at radius 2 is 2.33 bits per heavy atom. The Morgan fingerprint density at radius 1 is 1.53 bits per heavy atom. The van der Waals surface area contributed by atoms with E-state index in [1.54, 1.807) is 14.0 Å². The molecule has 3 nitrogen and oxygen atoms in total. The van der Waals surface area contributed by atoms with Crippen LogP contribution in [0.3, 0.4) is 0 Å². The molecule has 0 bridgehead atoms. The van der Waals surface area contributed by atoms with E-state index in [0.717, 1.165) is 24.3 Å². The quantitative estimate of drug-likeness (QED) is 0.817. The van der Waals surface area contributed by atoms with Crippen LogP contribution in [0.1, 0.15) is 18.1 Å². The first-order valence-corrected chi connectivity index (χ1v) is 5.11. The van der Waals surface area contributed by atoms with Gasteiger partial charge in [-0.15, -0.1) is 0 Å². The zero-order valence-electron chi connectivity index (χ0n) is 9.12. The number of hydrogen-bond donors (Lipinski definition) is 1. The monoisotopic (exact) mass is 208 g/mol. The third-order valence-corrected chi connectivity index (χ3v) is 2.74. The largest absolute Gasteiger partial charge is 0.493 e. The number of methoxy groups -OCH3 is 1. The Bertz CT molecular complexity index is 358. The SMILES string of the molecule is COCC(C)(O)c1ccc2c(c1)CCO2. The molecule has 1 aliphatic heterocycles. The van der Waals surface area contributed by atoms with Crippen LogP contribution in [-0.4, -0.2) is 25.4 Å². The van der Waals surface area contributed by atoms with Crippen molar-refractivity contribution in [2.45, 2.75) is 18.9 Å². The fourth-order valence-electron chi connectivity index (χ4n) is 1.89. The minimum absolute atomic E-state index is 0.298. The lowest BCUT2D eigenvalue weighted by Gasteiger charge is -2.23. The molecule has 0 saturated heterocycles. The maximum absolute atomic E-state index is 10.2. The zero-order valence-corrected chi connectivity index (χ0v) is 9.12. The molecule has 0 fully saturated rings. The maximum atomic E-state index is 10.2. The lowest BCUT2D eigenvalue weighted by atomic mass is 9.94. The summed E-state index contributed by atoms with van der Waals surface area (Å²) in [6.45, 7) is 2.80. The molecule has 1 N–H and O–H groups in total. The third-order valence-electron chi connectivity index (χ3n) is 2.74. The van der Waals surface area contributed by atoms with Gasteiger partial charge < -0.3 is 14.6 Å². The molecule has 0 aliphatic carbocycles. The molecular formula is C12H16O3.